The first-order chi connectivity index (χ1) is 6.15. The molecule has 1 aromatic rings. The molecule has 0 unspecified atom stereocenters. The number of benzene rings is 1. The average Bonchev–Trinajstić information content (AvgIpc) is 2.09. The van der Waals surface area contributed by atoms with Gasteiger partial charge in [0.1, 0.15) is 11.8 Å². The summed E-state index contributed by atoms with van der Waals surface area (Å²) in [5, 5.41) is 0. The van der Waals surface area contributed by atoms with E-state index in [0.717, 1.165) is 12.1 Å². The second kappa shape index (κ2) is 3.92. The fourth-order valence-electron chi connectivity index (χ4n) is 0.909. The molecule has 0 heterocycles. The second-order valence-corrected chi connectivity index (χ2v) is 2.39. The minimum Gasteiger partial charge on any atom is -0.234 e. The number of rotatable bonds is 2. The molecule has 0 atom stereocenters. The predicted molar refractivity (Wildman–Crippen MR) is 40.3 cm³/mol. The summed E-state index contributed by atoms with van der Waals surface area (Å²) in [6, 6.07) is 1.29. The molecule has 1 aromatic carbocycles. The number of carbonyl (C=O) groups excluding carboxylic acids is 1. The van der Waals surface area contributed by atoms with Crippen LogP contribution in [-0.2, 0) is 11.2 Å². The van der Waals surface area contributed by atoms with Crippen LogP contribution in [0.25, 0.3) is 0 Å². The maximum Gasteiger partial charge on any atom is 0.162 e. The van der Waals surface area contributed by atoms with E-state index in [1.54, 1.807) is 0 Å². The van der Waals surface area contributed by atoms with Gasteiger partial charge in [0.2, 0.25) is 0 Å². The van der Waals surface area contributed by atoms with Crippen molar-refractivity contribution in [2.24, 2.45) is 0 Å². The third-order valence-electron chi connectivity index (χ3n) is 1.47. The van der Waals surface area contributed by atoms with E-state index in [0.29, 0.717) is 6.07 Å². The number of halogens is 3. The molecule has 0 spiro atoms. The van der Waals surface area contributed by atoms with E-state index in [2.05, 4.69) is 0 Å². The molecule has 1 rings (SSSR count). The van der Waals surface area contributed by atoms with Crippen LogP contribution in [0.15, 0.2) is 18.2 Å². The summed E-state index contributed by atoms with van der Waals surface area (Å²) in [5.74, 6) is -1.86. The summed E-state index contributed by atoms with van der Waals surface area (Å²) in [7, 11) is 0. The van der Waals surface area contributed by atoms with Gasteiger partial charge >= 0.3 is 0 Å². The molecule has 0 N–H and O–H groups in total. The molecule has 0 fully saturated rings. The summed E-state index contributed by atoms with van der Waals surface area (Å²) >= 11 is 0. The van der Waals surface area contributed by atoms with Crippen molar-refractivity contribution in [2.45, 2.75) is 6.42 Å². The standard InChI is InChI=1S/C9H5F3O/c10-7-4-6(2-1-3-13)9(12)8(11)5-7/h1,4-5H,2H2. The van der Waals surface area contributed by atoms with Crippen molar-refractivity contribution < 1.29 is 18.0 Å². The van der Waals surface area contributed by atoms with Gasteiger partial charge in [0, 0.05) is 18.6 Å². The van der Waals surface area contributed by atoms with E-state index < -0.39 is 17.5 Å². The van der Waals surface area contributed by atoms with Crippen LogP contribution < -0.4 is 0 Å². The van der Waals surface area contributed by atoms with E-state index in [9.17, 15) is 18.0 Å². The zero-order chi connectivity index (χ0) is 9.84. The SMILES string of the molecule is O=C=CCc1cc(F)cc(F)c1F. The van der Waals surface area contributed by atoms with E-state index in [-0.39, 0.29) is 12.0 Å². The van der Waals surface area contributed by atoms with Crippen LogP contribution in [0.1, 0.15) is 5.56 Å². The van der Waals surface area contributed by atoms with Gasteiger partial charge in [-0.1, -0.05) is 0 Å². The van der Waals surface area contributed by atoms with Crippen molar-refractivity contribution in [3.05, 3.63) is 41.2 Å². The molecule has 1 nitrogen and oxygen atoms in total. The molecule has 0 saturated carbocycles. The zero-order valence-corrected chi connectivity index (χ0v) is 6.48. The van der Waals surface area contributed by atoms with Gasteiger partial charge in [0.25, 0.3) is 0 Å². The van der Waals surface area contributed by atoms with Crippen LogP contribution in [0, 0.1) is 17.5 Å². The summed E-state index contributed by atoms with van der Waals surface area (Å²) in [4.78, 5) is 9.77. The lowest BCUT2D eigenvalue weighted by Crippen LogP contribution is -1.95. The van der Waals surface area contributed by atoms with E-state index in [1.165, 1.54) is 5.94 Å². The van der Waals surface area contributed by atoms with Gasteiger partial charge in [0.15, 0.2) is 11.6 Å². The van der Waals surface area contributed by atoms with Crippen LogP contribution >= 0.6 is 0 Å². The first kappa shape index (κ1) is 9.55. The average molecular weight is 186 g/mol. The molecule has 4 heteroatoms. The molecule has 0 aliphatic carbocycles. The molecule has 68 valence electrons. The van der Waals surface area contributed by atoms with Crippen LogP contribution in [-0.4, -0.2) is 5.94 Å². The Morgan fingerprint density at radius 1 is 1.31 bits per heavy atom. The lowest BCUT2D eigenvalue weighted by Gasteiger charge is -1.99. The van der Waals surface area contributed by atoms with E-state index >= 15 is 0 Å². The predicted octanol–water partition coefficient (Wildman–Crippen LogP) is 2.03. The summed E-state index contributed by atoms with van der Waals surface area (Å²) < 4.78 is 37.9. The van der Waals surface area contributed by atoms with Gasteiger partial charge in [-0.15, -0.1) is 0 Å². The third kappa shape index (κ3) is 2.20. The van der Waals surface area contributed by atoms with Gasteiger partial charge < -0.3 is 0 Å². The highest BCUT2D eigenvalue weighted by Crippen LogP contribution is 2.14. The molecule has 0 amide bonds. The minimum atomic E-state index is -1.26. The lowest BCUT2D eigenvalue weighted by atomic mass is 10.1. The Morgan fingerprint density at radius 2 is 2.00 bits per heavy atom. The van der Waals surface area contributed by atoms with Crippen molar-refractivity contribution in [2.75, 3.05) is 0 Å². The third-order valence-corrected chi connectivity index (χ3v) is 1.47. The van der Waals surface area contributed by atoms with Gasteiger partial charge in [-0.25, -0.2) is 18.0 Å². The smallest absolute Gasteiger partial charge is 0.162 e. The summed E-state index contributed by atoms with van der Waals surface area (Å²) in [6.45, 7) is 0. The topological polar surface area (TPSA) is 17.1 Å². The van der Waals surface area contributed by atoms with Crippen LogP contribution in [0.2, 0.25) is 0 Å². The Hall–Kier alpha value is -1.54. The highest BCUT2D eigenvalue weighted by atomic mass is 19.2. The number of hydrogen-bond acceptors (Lipinski definition) is 1. The Balaban J connectivity index is 3.12. The maximum atomic E-state index is 12.8. The monoisotopic (exact) mass is 186 g/mol. The summed E-state index contributed by atoms with van der Waals surface area (Å²) in [5.41, 5.74) is -0.194. The highest BCUT2D eigenvalue weighted by molar-refractivity contribution is 5.46. The molecule has 0 aliphatic rings. The second-order valence-electron chi connectivity index (χ2n) is 2.39. The molecule has 0 bridgehead atoms. The fourth-order valence-corrected chi connectivity index (χ4v) is 0.909. The molecule has 0 aromatic heterocycles. The lowest BCUT2D eigenvalue weighted by molar-refractivity contribution is 0.487. The van der Waals surface area contributed by atoms with Gasteiger partial charge in [-0.2, -0.15) is 0 Å². The van der Waals surface area contributed by atoms with Crippen LogP contribution in [0.3, 0.4) is 0 Å². The van der Waals surface area contributed by atoms with Gasteiger partial charge in [-0.05, 0) is 11.6 Å². The number of hydrogen-bond donors (Lipinski definition) is 0. The van der Waals surface area contributed by atoms with Crippen molar-refractivity contribution in [3.8, 4) is 0 Å². The van der Waals surface area contributed by atoms with Gasteiger partial charge in [0.05, 0.1) is 0 Å². The maximum absolute atomic E-state index is 12.8. The summed E-state index contributed by atoms with van der Waals surface area (Å²) in [6.07, 6.45) is 0.793. The fraction of sp³-hybridized carbons (Fsp3) is 0.111. The largest absolute Gasteiger partial charge is 0.234 e. The van der Waals surface area contributed by atoms with E-state index in [4.69, 9.17) is 0 Å². The van der Waals surface area contributed by atoms with Crippen molar-refractivity contribution in [1.29, 1.82) is 0 Å². The van der Waals surface area contributed by atoms with Crippen LogP contribution in [0.5, 0.6) is 0 Å². The Kier molecular flexibility index (Phi) is 2.88. The Morgan fingerprint density at radius 3 is 2.62 bits per heavy atom. The van der Waals surface area contributed by atoms with Crippen LogP contribution in [0.4, 0.5) is 13.2 Å². The van der Waals surface area contributed by atoms with Crippen molar-refractivity contribution >= 4 is 5.94 Å². The minimum absolute atomic E-state index is 0.163. The first-order valence-corrected chi connectivity index (χ1v) is 3.48. The molecule has 0 saturated heterocycles. The zero-order valence-electron chi connectivity index (χ0n) is 6.48. The quantitative estimate of drug-likeness (QED) is 0.510. The molecular weight excluding hydrogens is 181 g/mol. The van der Waals surface area contributed by atoms with Crippen molar-refractivity contribution in [1.82, 2.24) is 0 Å². The molecule has 0 radical (unpaired) electrons. The Bertz CT molecular complexity index is 367. The Labute approximate surface area is 72.5 Å². The molecular formula is C9H5F3O. The van der Waals surface area contributed by atoms with Crippen molar-refractivity contribution in [3.63, 3.8) is 0 Å². The number of allylic oxidation sites excluding steroid dienone is 1. The first-order valence-electron chi connectivity index (χ1n) is 3.48. The highest BCUT2D eigenvalue weighted by Gasteiger charge is 2.09. The molecule has 0 aliphatic heterocycles. The van der Waals surface area contributed by atoms with Gasteiger partial charge in [-0.3, -0.25) is 0 Å². The van der Waals surface area contributed by atoms with E-state index in [1.807, 2.05) is 0 Å². The normalized spacial score (nSPS) is 9.46. The molecule has 13 heavy (non-hydrogen) atoms.